The Morgan fingerprint density at radius 1 is 0.730 bits per heavy atom. The minimum atomic E-state index is -4.83. The number of nitrogens with two attached hydrogens (primary N) is 1. The molecule has 1 aromatic carbocycles. The van der Waals surface area contributed by atoms with Gasteiger partial charge in [0.05, 0.1) is 22.5 Å². The van der Waals surface area contributed by atoms with E-state index in [1.807, 2.05) is 38.4 Å². The summed E-state index contributed by atoms with van der Waals surface area (Å²) in [4.78, 5) is 42.8. The molecule has 5 heterocycles. The van der Waals surface area contributed by atoms with E-state index in [-0.39, 0.29) is 17.2 Å². The van der Waals surface area contributed by atoms with Crippen molar-refractivity contribution in [2.45, 2.75) is 104 Å². The van der Waals surface area contributed by atoms with Crippen LogP contribution < -0.4 is 15.8 Å². The van der Waals surface area contributed by atoms with E-state index in [1.165, 1.54) is 55.0 Å². The SMILES string of the molecule is Cc1cc(C(N)=O)c(-c2cccnc2)[nH]1.Cc1cc(C2CCC(C)CC2)ccn1.Cc1cc(C2CCC(CNC(=O)c3cc(C)[nH]c3-c3ccccc3OC(F)(F)F)CC2)ccn1. The van der Waals surface area contributed by atoms with Crippen LogP contribution in [0.25, 0.3) is 22.5 Å². The van der Waals surface area contributed by atoms with E-state index < -0.39 is 12.3 Å². The van der Waals surface area contributed by atoms with E-state index in [4.69, 9.17) is 5.73 Å². The van der Waals surface area contributed by atoms with Gasteiger partial charge in [0.2, 0.25) is 0 Å². The molecule has 0 aliphatic heterocycles. The monoisotopic (exact) mass is 861 g/mol. The van der Waals surface area contributed by atoms with Crippen molar-refractivity contribution in [2.24, 2.45) is 17.6 Å². The average Bonchev–Trinajstić information content (AvgIpc) is 3.86. The highest BCUT2D eigenvalue weighted by atomic mass is 19.4. The van der Waals surface area contributed by atoms with E-state index >= 15 is 0 Å². The number of halogens is 3. The maximum absolute atomic E-state index is 13.0. The Bertz CT molecular complexity index is 2430. The van der Waals surface area contributed by atoms with Gasteiger partial charge >= 0.3 is 6.36 Å². The highest BCUT2D eigenvalue weighted by Crippen LogP contribution is 2.38. The van der Waals surface area contributed by atoms with E-state index in [2.05, 4.69) is 73.1 Å². The van der Waals surface area contributed by atoms with Gasteiger partial charge < -0.3 is 25.8 Å². The first-order valence-electron chi connectivity index (χ1n) is 21.7. The number of hydrogen-bond acceptors (Lipinski definition) is 6. The molecule has 2 aliphatic rings. The lowest BCUT2D eigenvalue weighted by Crippen LogP contribution is -2.31. The van der Waals surface area contributed by atoms with E-state index in [9.17, 15) is 22.8 Å². The highest BCUT2D eigenvalue weighted by Gasteiger charge is 2.33. The molecule has 8 rings (SSSR count). The summed E-state index contributed by atoms with van der Waals surface area (Å²) in [7, 11) is 0. The van der Waals surface area contributed by atoms with Crippen LogP contribution in [0.15, 0.2) is 97.6 Å². The van der Waals surface area contributed by atoms with Crippen LogP contribution in [0, 0.1) is 39.5 Å². The standard InChI is InChI=1S/C26H28F3N3O2.C13H19N.C11H11N3O/c1-16-13-20(11-12-30-16)19-9-7-18(8-10-19)15-31-25(33)22-14-17(2)32-24(22)21-5-3-4-6-23(21)34-26(27,28)29;1-10-3-5-12(6-4-10)13-7-8-14-11(2)9-13;1-7-5-9(11(12)15)10(14-7)8-3-2-4-13-6-8/h3-6,11-14,18-19,32H,7-10,15H2,1-2H3,(H,31,33);7-10,12H,3-6H2,1-2H3;2-6,14H,1H3,(H2,12,15). The number of aromatic nitrogens is 5. The average molecular weight is 862 g/mol. The Labute approximate surface area is 367 Å². The molecule has 2 aliphatic carbocycles. The first-order valence-corrected chi connectivity index (χ1v) is 21.7. The minimum Gasteiger partial charge on any atom is -0.405 e. The Morgan fingerprint density at radius 2 is 1.30 bits per heavy atom. The fourth-order valence-corrected chi connectivity index (χ4v) is 8.66. The molecular weight excluding hydrogens is 804 g/mol. The van der Waals surface area contributed by atoms with Crippen LogP contribution >= 0.6 is 0 Å². The van der Waals surface area contributed by atoms with Gasteiger partial charge in [-0.3, -0.25) is 24.5 Å². The lowest BCUT2D eigenvalue weighted by molar-refractivity contribution is -0.274. The van der Waals surface area contributed by atoms with Gasteiger partial charge in [0, 0.05) is 65.2 Å². The molecule has 5 aromatic heterocycles. The molecule has 0 spiro atoms. The second-order valence-corrected chi connectivity index (χ2v) is 17.0. The lowest BCUT2D eigenvalue weighted by Gasteiger charge is -2.29. The Morgan fingerprint density at radius 3 is 1.86 bits per heavy atom. The van der Waals surface area contributed by atoms with Gasteiger partial charge in [-0.25, -0.2) is 0 Å². The summed E-state index contributed by atoms with van der Waals surface area (Å²) < 4.78 is 42.8. The minimum absolute atomic E-state index is 0.186. The number of H-pyrrole nitrogens is 2. The van der Waals surface area contributed by atoms with E-state index in [0.717, 1.165) is 65.9 Å². The van der Waals surface area contributed by atoms with Crippen molar-refractivity contribution in [3.05, 3.63) is 143 Å². The number of amides is 2. The first-order chi connectivity index (χ1) is 30.1. The summed E-state index contributed by atoms with van der Waals surface area (Å²) in [5.74, 6) is 1.52. The van der Waals surface area contributed by atoms with Gasteiger partial charge in [-0.2, -0.15) is 0 Å². The number of rotatable bonds is 9. The van der Waals surface area contributed by atoms with Gasteiger partial charge in [0.15, 0.2) is 0 Å². The molecule has 5 N–H and O–H groups in total. The second kappa shape index (κ2) is 21.2. The van der Waals surface area contributed by atoms with Crippen molar-refractivity contribution in [3.63, 3.8) is 0 Å². The largest absolute Gasteiger partial charge is 0.573 e. The summed E-state index contributed by atoms with van der Waals surface area (Å²) in [6.07, 6.45) is 12.0. The van der Waals surface area contributed by atoms with Crippen LogP contribution in [0.4, 0.5) is 13.2 Å². The van der Waals surface area contributed by atoms with Crippen molar-refractivity contribution >= 4 is 11.8 Å². The van der Waals surface area contributed by atoms with Crippen LogP contribution in [-0.4, -0.2) is 49.6 Å². The number of aryl methyl sites for hydroxylation is 4. The number of primary amides is 1. The number of carbonyl (C=O) groups excluding carboxylic acids is 2. The first kappa shape index (κ1) is 46.3. The van der Waals surface area contributed by atoms with Crippen LogP contribution in [-0.2, 0) is 0 Å². The third-order valence-corrected chi connectivity index (χ3v) is 11.9. The molecule has 332 valence electrons. The summed E-state index contributed by atoms with van der Waals surface area (Å²) in [6.45, 7) is 10.6. The number of alkyl halides is 3. The summed E-state index contributed by atoms with van der Waals surface area (Å²) in [5.41, 5.74) is 14.8. The van der Waals surface area contributed by atoms with E-state index in [1.54, 1.807) is 37.5 Å². The molecule has 2 fully saturated rings. The molecule has 63 heavy (non-hydrogen) atoms. The van der Waals surface area contributed by atoms with Crippen molar-refractivity contribution in [1.82, 2.24) is 30.2 Å². The van der Waals surface area contributed by atoms with Crippen molar-refractivity contribution < 1.29 is 27.5 Å². The predicted molar refractivity (Wildman–Crippen MR) is 240 cm³/mol. The fraction of sp³-hybridized carbons (Fsp3) is 0.380. The molecule has 10 nitrogen and oxygen atoms in total. The van der Waals surface area contributed by atoms with Gasteiger partial charge in [0.1, 0.15) is 5.75 Å². The second-order valence-electron chi connectivity index (χ2n) is 17.0. The third-order valence-electron chi connectivity index (χ3n) is 11.9. The maximum atomic E-state index is 13.0. The van der Waals surface area contributed by atoms with Crippen LogP contribution in [0.5, 0.6) is 5.75 Å². The number of pyridine rings is 3. The van der Waals surface area contributed by atoms with Crippen molar-refractivity contribution in [3.8, 4) is 28.3 Å². The molecule has 0 radical (unpaired) electrons. The van der Waals surface area contributed by atoms with Gasteiger partial charge in [-0.1, -0.05) is 31.9 Å². The topological polar surface area (TPSA) is 152 Å². The summed E-state index contributed by atoms with van der Waals surface area (Å²) in [5, 5.41) is 2.99. The zero-order chi connectivity index (χ0) is 45.1. The van der Waals surface area contributed by atoms with Gasteiger partial charge in [-0.05, 0) is 162 Å². The Kier molecular flexibility index (Phi) is 15.6. The van der Waals surface area contributed by atoms with E-state index in [0.29, 0.717) is 40.9 Å². The summed E-state index contributed by atoms with van der Waals surface area (Å²) in [6, 6.07) is 21.6. The number of para-hydroxylation sites is 1. The molecule has 0 unspecified atom stereocenters. The number of nitrogens with zero attached hydrogens (tertiary/aromatic N) is 3. The zero-order valence-electron chi connectivity index (χ0n) is 36.7. The summed E-state index contributed by atoms with van der Waals surface area (Å²) >= 11 is 0. The fourth-order valence-electron chi connectivity index (χ4n) is 8.66. The number of hydrogen-bond donors (Lipinski definition) is 4. The van der Waals surface area contributed by atoms with Crippen LogP contribution in [0.3, 0.4) is 0 Å². The number of nitrogens with one attached hydrogen (secondary N) is 3. The van der Waals surface area contributed by atoms with Crippen LogP contribution in [0.2, 0.25) is 0 Å². The van der Waals surface area contributed by atoms with Gasteiger partial charge in [-0.15, -0.1) is 13.2 Å². The smallest absolute Gasteiger partial charge is 0.405 e. The number of aromatic amines is 2. The normalized spacial score (nSPS) is 18.5. The molecule has 2 amide bonds. The molecule has 6 aromatic rings. The molecule has 13 heteroatoms. The predicted octanol–water partition coefficient (Wildman–Crippen LogP) is 11.5. The maximum Gasteiger partial charge on any atom is 0.573 e. The number of carbonyl (C=O) groups is 2. The molecule has 2 saturated carbocycles. The number of ether oxygens (including phenoxy) is 1. The lowest BCUT2D eigenvalue weighted by atomic mass is 9.79. The molecular formula is C50H58F3N7O3. The van der Waals surface area contributed by atoms with Crippen molar-refractivity contribution in [2.75, 3.05) is 6.54 Å². The third kappa shape index (κ3) is 13.1. The van der Waals surface area contributed by atoms with Crippen molar-refractivity contribution in [1.29, 1.82) is 0 Å². The Balaban J connectivity index is 0.000000186. The number of benzene rings is 1. The zero-order valence-corrected chi connectivity index (χ0v) is 36.7. The van der Waals surface area contributed by atoms with Crippen LogP contribution in [0.1, 0.15) is 125 Å². The molecule has 0 saturated heterocycles. The molecule has 0 atom stereocenters. The Hall–Kier alpha value is -6.24. The van der Waals surface area contributed by atoms with Gasteiger partial charge in [0.25, 0.3) is 11.8 Å². The molecule has 0 bridgehead atoms. The highest BCUT2D eigenvalue weighted by molar-refractivity contribution is 6.01. The quantitative estimate of drug-likeness (QED) is 0.114.